The number of ether oxygens (including phenoxy) is 1. The summed E-state index contributed by atoms with van der Waals surface area (Å²) in [5.41, 5.74) is 3.50. The Balaban J connectivity index is 2.08. The molecule has 17 heavy (non-hydrogen) atoms. The highest BCUT2D eigenvalue weighted by atomic mass is 16.5. The first-order valence-electron chi connectivity index (χ1n) is 5.61. The van der Waals surface area contributed by atoms with E-state index in [-0.39, 0.29) is 5.97 Å². The Bertz CT molecular complexity index is 639. The molecule has 0 aromatic heterocycles. The summed E-state index contributed by atoms with van der Waals surface area (Å²) in [6, 6.07) is 10.4. The summed E-state index contributed by atoms with van der Waals surface area (Å²) < 4.78 is 5.03. The highest BCUT2D eigenvalue weighted by Crippen LogP contribution is 2.32. The monoisotopic (exact) mass is 224 g/mol. The van der Waals surface area contributed by atoms with Crippen molar-refractivity contribution >= 4 is 28.9 Å². The fourth-order valence-electron chi connectivity index (χ4n) is 2.27. The molecule has 0 N–H and O–H groups in total. The lowest BCUT2D eigenvalue weighted by Crippen LogP contribution is -1.99. The third kappa shape index (κ3) is 1.72. The number of rotatable bonds is 2. The van der Waals surface area contributed by atoms with Crippen molar-refractivity contribution in [3.8, 4) is 0 Å². The van der Waals surface area contributed by atoms with Gasteiger partial charge in [-0.3, -0.25) is 4.79 Å². The Morgan fingerprint density at radius 3 is 2.82 bits per heavy atom. The molecule has 0 aliphatic heterocycles. The highest BCUT2D eigenvalue weighted by molar-refractivity contribution is 6.05. The number of carbonyl (C=O) groups excluding carboxylic acids is 1. The summed E-state index contributed by atoms with van der Waals surface area (Å²) in [5.74, 6) is -0.245. The fourth-order valence-corrected chi connectivity index (χ4v) is 2.27. The summed E-state index contributed by atoms with van der Waals surface area (Å²) in [4.78, 5) is 10.8. The minimum absolute atomic E-state index is 0.245. The molecule has 2 nitrogen and oxygen atoms in total. The standard InChI is InChI=1S/C15H12O2/c1-10(16)17-9-11-7-13-4-2-3-12-5-6-14(8-11)15(12)13/h2-8H,9H2,1H3. The van der Waals surface area contributed by atoms with Gasteiger partial charge in [0.1, 0.15) is 6.61 Å². The van der Waals surface area contributed by atoms with E-state index in [4.69, 9.17) is 4.74 Å². The van der Waals surface area contributed by atoms with Gasteiger partial charge in [-0.1, -0.05) is 30.4 Å². The molecule has 3 rings (SSSR count). The van der Waals surface area contributed by atoms with Crippen molar-refractivity contribution in [1.82, 2.24) is 0 Å². The van der Waals surface area contributed by atoms with E-state index in [2.05, 4.69) is 36.4 Å². The zero-order valence-electron chi connectivity index (χ0n) is 9.57. The maximum Gasteiger partial charge on any atom is 0.302 e. The second kappa shape index (κ2) is 3.74. The largest absolute Gasteiger partial charge is 0.461 e. The molecule has 0 radical (unpaired) electrons. The van der Waals surface area contributed by atoms with Gasteiger partial charge in [0.05, 0.1) is 0 Å². The number of carbonyl (C=O) groups is 1. The van der Waals surface area contributed by atoms with E-state index in [9.17, 15) is 4.79 Å². The topological polar surface area (TPSA) is 26.3 Å². The number of hydrogen-bond donors (Lipinski definition) is 0. The van der Waals surface area contributed by atoms with Crippen LogP contribution in [0, 0.1) is 0 Å². The third-order valence-electron chi connectivity index (χ3n) is 2.98. The van der Waals surface area contributed by atoms with E-state index in [0.29, 0.717) is 6.61 Å². The first kappa shape index (κ1) is 10.1. The molecule has 0 bridgehead atoms. The molecule has 0 heterocycles. The van der Waals surface area contributed by atoms with Crippen LogP contribution in [0.5, 0.6) is 0 Å². The zero-order chi connectivity index (χ0) is 11.8. The molecule has 1 aliphatic carbocycles. The SMILES string of the molecule is CC(=O)OCc1cc2c3c(cccc3c1)C=C2. The first-order valence-corrected chi connectivity index (χ1v) is 5.61. The second-order valence-electron chi connectivity index (χ2n) is 4.24. The normalized spacial score (nSPS) is 12.1. The quantitative estimate of drug-likeness (QED) is 0.624. The molecule has 0 atom stereocenters. The van der Waals surface area contributed by atoms with Gasteiger partial charge < -0.3 is 4.74 Å². The van der Waals surface area contributed by atoms with Gasteiger partial charge in [0.15, 0.2) is 0 Å². The van der Waals surface area contributed by atoms with Crippen LogP contribution in [0.1, 0.15) is 23.6 Å². The van der Waals surface area contributed by atoms with Crippen LogP contribution in [0.15, 0.2) is 30.3 Å². The van der Waals surface area contributed by atoms with Crippen molar-refractivity contribution in [3.63, 3.8) is 0 Å². The predicted molar refractivity (Wildman–Crippen MR) is 68.3 cm³/mol. The minimum atomic E-state index is -0.245. The van der Waals surface area contributed by atoms with Crippen LogP contribution in [0.2, 0.25) is 0 Å². The predicted octanol–water partition coefficient (Wildman–Crippen LogP) is 3.39. The third-order valence-corrected chi connectivity index (χ3v) is 2.98. The first-order chi connectivity index (χ1) is 8.24. The van der Waals surface area contributed by atoms with Crippen LogP contribution < -0.4 is 0 Å². The molecule has 2 aromatic rings. The van der Waals surface area contributed by atoms with Gasteiger partial charge in [-0.25, -0.2) is 0 Å². The second-order valence-corrected chi connectivity index (χ2v) is 4.24. The van der Waals surface area contributed by atoms with Crippen molar-refractivity contribution in [2.45, 2.75) is 13.5 Å². The van der Waals surface area contributed by atoms with Crippen molar-refractivity contribution in [2.24, 2.45) is 0 Å². The molecule has 0 spiro atoms. The Morgan fingerprint density at radius 2 is 2.00 bits per heavy atom. The lowest BCUT2D eigenvalue weighted by Gasteiger charge is -2.07. The summed E-state index contributed by atoms with van der Waals surface area (Å²) in [6.45, 7) is 1.77. The van der Waals surface area contributed by atoms with E-state index in [0.717, 1.165) is 5.56 Å². The highest BCUT2D eigenvalue weighted by Gasteiger charge is 2.10. The molecular weight excluding hydrogens is 212 g/mol. The van der Waals surface area contributed by atoms with Crippen molar-refractivity contribution in [2.75, 3.05) is 0 Å². The van der Waals surface area contributed by atoms with Crippen molar-refractivity contribution < 1.29 is 9.53 Å². The fraction of sp³-hybridized carbons (Fsp3) is 0.133. The summed E-state index contributed by atoms with van der Waals surface area (Å²) in [7, 11) is 0. The van der Waals surface area contributed by atoms with Crippen LogP contribution in [-0.2, 0) is 16.1 Å². The van der Waals surface area contributed by atoms with Crippen LogP contribution >= 0.6 is 0 Å². The number of benzene rings is 2. The lowest BCUT2D eigenvalue weighted by molar-refractivity contribution is -0.142. The average Bonchev–Trinajstić information content (AvgIpc) is 2.72. The van der Waals surface area contributed by atoms with Crippen LogP contribution in [0.25, 0.3) is 22.9 Å². The molecule has 0 saturated carbocycles. The molecule has 84 valence electrons. The molecule has 1 aliphatic rings. The van der Waals surface area contributed by atoms with E-state index in [1.807, 2.05) is 6.07 Å². The van der Waals surface area contributed by atoms with Crippen LogP contribution in [0.4, 0.5) is 0 Å². The maximum absolute atomic E-state index is 10.8. The van der Waals surface area contributed by atoms with E-state index < -0.39 is 0 Å². The smallest absolute Gasteiger partial charge is 0.302 e. The van der Waals surface area contributed by atoms with Gasteiger partial charge in [0.25, 0.3) is 0 Å². The van der Waals surface area contributed by atoms with Gasteiger partial charge in [-0.2, -0.15) is 0 Å². The Labute approximate surface area is 99.5 Å². The van der Waals surface area contributed by atoms with Gasteiger partial charge in [-0.05, 0) is 39.6 Å². The summed E-state index contributed by atoms with van der Waals surface area (Å²) in [5, 5.41) is 2.49. The van der Waals surface area contributed by atoms with Crippen LogP contribution in [-0.4, -0.2) is 5.97 Å². The average molecular weight is 224 g/mol. The number of hydrogen-bond acceptors (Lipinski definition) is 2. The van der Waals surface area contributed by atoms with Gasteiger partial charge >= 0.3 is 5.97 Å². The molecule has 0 unspecified atom stereocenters. The zero-order valence-corrected chi connectivity index (χ0v) is 9.57. The van der Waals surface area contributed by atoms with Gasteiger partial charge in [0, 0.05) is 6.92 Å². The van der Waals surface area contributed by atoms with Crippen LogP contribution in [0.3, 0.4) is 0 Å². The van der Waals surface area contributed by atoms with Gasteiger partial charge in [-0.15, -0.1) is 0 Å². The molecule has 0 amide bonds. The molecule has 2 aromatic carbocycles. The van der Waals surface area contributed by atoms with E-state index in [1.54, 1.807) is 0 Å². The Hall–Kier alpha value is -2.09. The maximum atomic E-state index is 10.8. The van der Waals surface area contributed by atoms with E-state index >= 15 is 0 Å². The Morgan fingerprint density at radius 1 is 1.18 bits per heavy atom. The molecular formula is C15H12O2. The Kier molecular flexibility index (Phi) is 2.22. The molecule has 0 saturated heterocycles. The lowest BCUT2D eigenvalue weighted by atomic mass is 10.0. The van der Waals surface area contributed by atoms with E-state index in [1.165, 1.54) is 28.8 Å². The van der Waals surface area contributed by atoms with Crippen molar-refractivity contribution in [1.29, 1.82) is 0 Å². The number of esters is 1. The minimum Gasteiger partial charge on any atom is -0.461 e. The van der Waals surface area contributed by atoms with Crippen molar-refractivity contribution in [3.05, 3.63) is 47.0 Å². The molecule has 0 fully saturated rings. The summed E-state index contributed by atoms with van der Waals surface area (Å²) in [6.07, 6.45) is 4.22. The molecule has 2 heteroatoms. The summed E-state index contributed by atoms with van der Waals surface area (Å²) >= 11 is 0. The van der Waals surface area contributed by atoms with Gasteiger partial charge in [0.2, 0.25) is 0 Å².